The molecule has 0 bridgehead atoms. The highest BCUT2D eigenvalue weighted by molar-refractivity contribution is 6.46. The van der Waals surface area contributed by atoms with Crippen LogP contribution in [0, 0.1) is 17.0 Å². The van der Waals surface area contributed by atoms with Crippen LogP contribution >= 0.6 is 11.6 Å². The van der Waals surface area contributed by atoms with Crippen molar-refractivity contribution in [2.24, 2.45) is 21.1 Å². The van der Waals surface area contributed by atoms with E-state index in [1.165, 1.54) is 6.07 Å². The van der Waals surface area contributed by atoms with Crippen molar-refractivity contribution >= 4 is 40.3 Å². The highest BCUT2D eigenvalue weighted by Gasteiger charge is 2.49. The molecule has 0 saturated carbocycles. The first-order valence-corrected chi connectivity index (χ1v) is 9.79. The summed E-state index contributed by atoms with van der Waals surface area (Å²) in [6.07, 6.45) is 1.16. The monoisotopic (exact) mass is 429 g/mol. The fourth-order valence-electron chi connectivity index (χ4n) is 3.85. The third kappa shape index (κ3) is 3.12. The molecule has 0 aromatic heterocycles. The third-order valence-corrected chi connectivity index (χ3v) is 5.78. The first-order chi connectivity index (χ1) is 14.5. The van der Waals surface area contributed by atoms with E-state index in [0.717, 1.165) is 50.3 Å². The average molecular weight is 430 g/mol. The summed E-state index contributed by atoms with van der Waals surface area (Å²) in [5.41, 5.74) is 7.60. The standard InChI is InChI=1S/C21H18ClF2N5O/c22-13(7-25)19-27-17-6-12(29-8-21(9-29)10-30-11-21)4-5-16(17)26-20(28-19)18-14(23)2-1-3-15(18)24/h1-7H,8-11,25H2,(H,26,27,28)/b13-7+. The van der Waals surface area contributed by atoms with Gasteiger partial charge in [-0.25, -0.2) is 18.8 Å². The van der Waals surface area contributed by atoms with Crippen LogP contribution in [-0.2, 0) is 4.74 Å². The second-order valence-corrected chi connectivity index (χ2v) is 8.09. The maximum absolute atomic E-state index is 14.4. The minimum absolute atomic E-state index is 0.104. The van der Waals surface area contributed by atoms with Crippen molar-refractivity contribution < 1.29 is 13.5 Å². The van der Waals surface area contributed by atoms with E-state index in [1.54, 1.807) is 6.07 Å². The van der Waals surface area contributed by atoms with Crippen molar-refractivity contribution in [3.63, 3.8) is 0 Å². The van der Waals surface area contributed by atoms with Gasteiger partial charge in [0.25, 0.3) is 0 Å². The number of benzene rings is 2. The van der Waals surface area contributed by atoms with Gasteiger partial charge in [-0.3, -0.25) is 0 Å². The summed E-state index contributed by atoms with van der Waals surface area (Å²) in [4.78, 5) is 10.9. The second kappa shape index (κ2) is 7.07. The van der Waals surface area contributed by atoms with Crippen LogP contribution in [0.25, 0.3) is 0 Å². The van der Waals surface area contributed by atoms with Gasteiger partial charge in [-0.05, 0) is 30.3 Å². The minimum Gasteiger partial charge on any atom is -0.403 e. The number of nitrogens with zero attached hydrogens (tertiary/aromatic N) is 3. The van der Waals surface area contributed by atoms with Crippen molar-refractivity contribution in [3.8, 4) is 0 Å². The first kappa shape index (κ1) is 19.0. The first-order valence-electron chi connectivity index (χ1n) is 9.41. The van der Waals surface area contributed by atoms with E-state index >= 15 is 0 Å². The summed E-state index contributed by atoms with van der Waals surface area (Å²) in [6, 6.07) is 9.23. The largest absolute Gasteiger partial charge is 0.403 e. The van der Waals surface area contributed by atoms with Crippen LogP contribution in [0.15, 0.2) is 57.6 Å². The number of aliphatic imine (C=N–C) groups is 2. The van der Waals surface area contributed by atoms with Gasteiger partial charge in [0.15, 0.2) is 11.7 Å². The van der Waals surface area contributed by atoms with E-state index in [0.29, 0.717) is 11.4 Å². The molecule has 3 aliphatic rings. The summed E-state index contributed by atoms with van der Waals surface area (Å²) in [6.45, 7) is 3.43. The summed E-state index contributed by atoms with van der Waals surface area (Å²) in [5, 5.41) is 3.20. The number of anilines is 2. The number of hydrogen-bond acceptors (Lipinski definition) is 6. The Kier molecular flexibility index (Phi) is 4.48. The summed E-state index contributed by atoms with van der Waals surface area (Å²) < 4.78 is 34.1. The Bertz CT molecular complexity index is 1100. The van der Waals surface area contributed by atoms with Crippen LogP contribution in [0.2, 0.25) is 0 Å². The molecule has 5 rings (SSSR count). The molecule has 0 unspecified atom stereocenters. The quantitative estimate of drug-likeness (QED) is 0.779. The van der Waals surface area contributed by atoms with Crippen LogP contribution in [0.4, 0.5) is 25.8 Å². The van der Waals surface area contributed by atoms with E-state index in [9.17, 15) is 8.78 Å². The molecule has 30 heavy (non-hydrogen) atoms. The van der Waals surface area contributed by atoms with E-state index < -0.39 is 11.6 Å². The van der Waals surface area contributed by atoms with Gasteiger partial charge in [0.05, 0.1) is 40.6 Å². The lowest BCUT2D eigenvalue weighted by Crippen LogP contribution is -2.66. The van der Waals surface area contributed by atoms with Crippen LogP contribution in [0.5, 0.6) is 0 Å². The van der Waals surface area contributed by atoms with Gasteiger partial charge in [0.1, 0.15) is 11.6 Å². The maximum Gasteiger partial charge on any atom is 0.168 e. The predicted molar refractivity (Wildman–Crippen MR) is 114 cm³/mol. The van der Waals surface area contributed by atoms with Crippen molar-refractivity contribution in [2.75, 3.05) is 36.5 Å². The van der Waals surface area contributed by atoms with Gasteiger partial charge >= 0.3 is 0 Å². The van der Waals surface area contributed by atoms with Crippen LogP contribution in [0.3, 0.4) is 0 Å². The van der Waals surface area contributed by atoms with Gasteiger partial charge < -0.3 is 20.7 Å². The second-order valence-electron chi connectivity index (χ2n) is 7.68. The molecular weight excluding hydrogens is 412 g/mol. The Labute approximate surface area is 176 Å². The molecule has 3 aliphatic heterocycles. The summed E-state index contributed by atoms with van der Waals surface area (Å²) >= 11 is 6.20. The highest BCUT2D eigenvalue weighted by atomic mass is 35.5. The molecule has 0 radical (unpaired) electrons. The fourth-order valence-corrected chi connectivity index (χ4v) is 3.94. The van der Waals surface area contributed by atoms with E-state index in [1.807, 2.05) is 12.1 Å². The lowest BCUT2D eigenvalue weighted by molar-refractivity contribution is -0.127. The Morgan fingerprint density at radius 2 is 1.90 bits per heavy atom. The molecule has 9 heteroatoms. The molecule has 2 aromatic carbocycles. The molecule has 154 valence electrons. The van der Waals surface area contributed by atoms with E-state index in [-0.39, 0.29) is 27.7 Å². The normalized spacial score (nSPS) is 19.7. The third-order valence-electron chi connectivity index (χ3n) is 5.47. The molecule has 6 nitrogen and oxygen atoms in total. The fraction of sp³-hybridized carbons (Fsp3) is 0.238. The van der Waals surface area contributed by atoms with Crippen LogP contribution < -0.4 is 16.0 Å². The zero-order valence-electron chi connectivity index (χ0n) is 15.8. The number of fused-ring (bicyclic) bond motifs is 1. The number of ether oxygens (including phenoxy) is 1. The van der Waals surface area contributed by atoms with Crippen LogP contribution in [-0.4, -0.2) is 38.0 Å². The molecular formula is C21H18ClF2N5O. The van der Waals surface area contributed by atoms with E-state index in [4.69, 9.17) is 22.1 Å². The van der Waals surface area contributed by atoms with Crippen molar-refractivity contribution in [2.45, 2.75) is 0 Å². The molecule has 2 aromatic rings. The Morgan fingerprint density at radius 3 is 2.53 bits per heavy atom. The smallest absolute Gasteiger partial charge is 0.168 e. The zero-order valence-corrected chi connectivity index (χ0v) is 16.6. The van der Waals surface area contributed by atoms with Crippen molar-refractivity contribution in [1.82, 2.24) is 0 Å². The molecule has 3 heterocycles. The Balaban J connectivity index is 1.56. The maximum atomic E-state index is 14.4. The molecule has 0 atom stereocenters. The van der Waals surface area contributed by atoms with E-state index in [2.05, 4.69) is 20.2 Å². The summed E-state index contributed by atoms with van der Waals surface area (Å²) in [5.74, 6) is -1.50. The zero-order chi connectivity index (χ0) is 20.9. The Hall–Kier alpha value is -2.97. The lowest BCUT2D eigenvalue weighted by atomic mass is 9.78. The number of hydrogen-bond donors (Lipinski definition) is 2. The molecule has 3 N–H and O–H groups in total. The van der Waals surface area contributed by atoms with Gasteiger partial charge in [0.2, 0.25) is 0 Å². The topological polar surface area (TPSA) is 75.2 Å². The predicted octanol–water partition coefficient (Wildman–Crippen LogP) is 3.74. The molecule has 0 aliphatic carbocycles. The minimum atomic E-state index is -0.765. The molecule has 0 amide bonds. The highest BCUT2D eigenvalue weighted by Crippen LogP contribution is 2.42. The molecule has 2 saturated heterocycles. The molecule has 2 fully saturated rings. The van der Waals surface area contributed by atoms with Gasteiger partial charge in [-0.15, -0.1) is 0 Å². The van der Waals surface area contributed by atoms with Gasteiger partial charge in [-0.2, -0.15) is 0 Å². The number of halogens is 3. The number of nitrogens with two attached hydrogens (primary N) is 1. The van der Waals surface area contributed by atoms with Gasteiger partial charge in [0, 0.05) is 25.0 Å². The van der Waals surface area contributed by atoms with Crippen LogP contribution in [0.1, 0.15) is 5.56 Å². The average Bonchev–Trinajstić information content (AvgIpc) is 2.84. The van der Waals surface area contributed by atoms with Crippen molar-refractivity contribution in [1.29, 1.82) is 0 Å². The van der Waals surface area contributed by atoms with Crippen molar-refractivity contribution in [3.05, 3.63) is 64.8 Å². The van der Waals surface area contributed by atoms with Gasteiger partial charge in [-0.1, -0.05) is 17.7 Å². The molecule has 1 spiro atoms. The lowest BCUT2D eigenvalue weighted by Gasteiger charge is -2.56. The summed E-state index contributed by atoms with van der Waals surface area (Å²) in [7, 11) is 0. The SMILES string of the molecule is N/C=C(/Cl)C1=NC(c2c(F)cccc2F)=Nc2ccc(N3CC4(COC4)C3)cc2N1. The number of nitrogens with one attached hydrogen (secondary N) is 1. The number of amidine groups is 2. The Morgan fingerprint density at radius 1 is 1.17 bits per heavy atom. The number of rotatable bonds is 3.